The predicted octanol–water partition coefficient (Wildman–Crippen LogP) is 5.79. The van der Waals surface area contributed by atoms with Gasteiger partial charge in [-0.2, -0.15) is 0 Å². The van der Waals surface area contributed by atoms with Crippen LogP contribution >= 0.6 is 0 Å². The van der Waals surface area contributed by atoms with Crippen molar-refractivity contribution in [1.82, 2.24) is 49.5 Å². The molecule has 17 nitrogen and oxygen atoms in total. The summed E-state index contributed by atoms with van der Waals surface area (Å²) in [6.45, 7) is 19.5. The van der Waals surface area contributed by atoms with E-state index < -0.39 is 13.6 Å². The van der Waals surface area contributed by atoms with Gasteiger partial charge in [0.15, 0.2) is 22.7 Å². The van der Waals surface area contributed by atoms with E-state index >= 15 is 0 Å². The lowest BCUT2D eigenvalue weighted by molar-refractivity contribution is -0.682. The molecule has 0 spiro atoms. The molecule has 18 heteroatoms. The standard InChI is InChI=1S/C25H38N6O3Si.C19H24N6O2/c1-25(2,3)28-24(32)18-15-30(16-34-12-13-35(5,6)7)23-21(18)27-19(14-26-23)22-17-10-8-9-11-20(17)29(4)31(22)33;1-19(2,3)23-18(26)12-9-20-17-15(12)22-13(10-21-17)16-11-7-5-6-8-14(11)24(4)25(16)27/h14-15H,8-13,16H2,1-7H3,(H,28,32);9-10H,5-8H2,1-4H3,(H,20,21)(H,23,26). The van der Waals surface area contributed by atoms with E-state index in [0.29, 0.717) is 69.6 Å². The number of carbonyl (C=O) groups is 2. The molecule has 2 amide bonds. The molecule has 0 aliphatic heterocycles. The third-order valence-electron chi connectivity index (χ3n) is 11.3. The van der Waals surface area contributed by atoms with Crippen LogP contribution in [0.25, 0.3) is 45.1 Å². The van der Waals surface area contributed by atoms with E-state index in [0.717, 1.165) is 89.6 Å². The molecule has 2 aliphatic carbocycles. The maximum Gasteiger partial charge on any atom is 0.274 e. The van der Waals surface area contributed by atoms with Crippen molar-refractivity contribution >= 4 is 42.2 Å². The quantitative estimate of drug-likeness (QED) is 0.0696. The largest absolute Gasteiger partial charge is 0.595 e. The van der Waals surface area contributed by atoms with Gasteiger partial charge in [-0.1, -0.05) is 29.3 Å². The zero-order valence-electron chi connectivity index (χ0n) is 38.2. The highest BCUT2D eigenvalue weighted by atomic mass is 28.3. The van der Waals surface area contributed by atoms with Gasteiger partial charge in [-0.05, 0) is 99.0 Å². The summed E-state index contributed by atoms with van der Waals surface area (Å²) in [7, 11) is 2.37. The summed E-state index contributed by atoms with van der Waals surface area (Å²) in [5.74, 6) is -0.440. The Morgan fingerprint density at radius 3 is 1.81 bits per heavy atom. The lowest BCUT2D eigenvalue weighted by Gasteiger charge is -2.20. The first-order valence-electron chi connectivity index (χ1n) is 21.7. The zero-order chi connectivity index (χ0) is 44.9. The number of hydrogen-bond acceptors (Lipinski definition) is 9. The summed E-state index contributed by atoms with van der Waals surface area (Å²) in [6.07, 6.45) is 14.4. The number of rotatable bonds is 9. The Kier molecular flexibility index (Phi) is 12.1. The molecule has 8 rings (SSSR count). The maximum atomic E-state index is 13.2. The Morgan fingerprint density at radius 1 is 0.774 bits per heavy atom. The van der Waals surface area contributed by atoms with E-state index in [1.807, 2.05) is 46.1 Å². The molecule has 0 fully saturated rings. The summed E-state index contributed by atoms with van der Waals surface area (Å²) in [6, 6.07) is 1.06. The number of H-pyrrole nitrogens is 1. The van der Waals surface area contributed by atoms with E-state index in [1.165, 1.54) is 0 Å². The zero-order valence-corrected chi connectivity index (χ0v) is 39.2. The summed E-state index contributed by atoms with van der Waals surface area (Å²) >= 11 is 0. The van der Waals surface area contributed by atoms with Crippen molar-refractivity contribution in [3.63, 3.8) is 0 Å². The van der Waals surface area contributed by atoms with Crippen molar-refractivity contribution in [2.75, 3.05) is 6.61 Å². The Morgan fingerprint density at radius 2 is 1.27 bits per heavy atom. The average molecular weight is 867 g/mol. The minimum Gasteiger partial charge on any atom is -0.595 e. The topological polar surface area (TPSA) is 203 Å². The molecule has 3 N–H and O–H groups in total. The number of carbonyl (C=O) groups excluding carboxylic acids is 2. The second-order valence-corrected chi connectivity index (χ2v) is 25.5. The fourth-order valence-electron chi connectivity index (χ4n) is 8.22. The summed E-state index contributed by atoms with van der Waals surface area (Å²) < 4.78 is 11.1. The van der Waals surface area contributed by atoms with Crippen molar-refractivity contribution in [3.05, 3.63) is 68.8 Å². The van der Waals surface area contributed by atoms with Gasteiger partial charge in [-0.15, -0.1) is 9.36 Å². The predicted molar refractivity (Wildman–Crippen MR) is 240 cm³/mol. The fraction of sp³-hybridized carbons (Fsp3) is 0.545. The third-order valence-corrected chi connectivity index (χ3v) is 13.0. The van der Waals surface area contributed by atoms with Crippen molar-refractivity contribution < 1.29 is 24.0 Å². The Labute approximate surface area is 363 Å². The number of ether oxygens (including phenoxy) is 1. The van der Waals surface area contributed by atoms with Crippen LogP contribution in [0.5, 0.6) is 0 Å². The van der Waals surface area contributed by atoms with Gasteiger partial charge in [0.2, 0.25) is 0 Å². The number of fused-ring (bicyclic) bond motifs is 4. The van der Waals surface area contributed by atoms with Crippen LogP contribution in [0.2, 0.25) is 25.7 Å². The Hall–Kier alpha value is -5.62. The van der Waals surface area contributed by atoms with E-state index in [4.69, 9.17) is 9.72 Å². The minimum atomic E-state index is -1.21. The van der Waals surface area contributed by atoms with Crippen LogP contribution in [-0.4, -0.2) is 76.4 Å². The highest BCUT2D eigenvalue weighted by Crippen LogP contribution is 2.32. The average Bonchev–Trinajstić information content (AvgIpc) is 3.92. The van der Waals surface area contributed by atoms with Crippen LogP contribution in [0, 0.1) is 10.4 Å². The molecule has 62 heavy (non-hydrogen) atoms. The molecule has 0 atom stereocenters. The van der Waals surface area contributed by atoms with Gasteiger partial charge in [-0.25, -0.2) is 19.9 Å². The highest BCUT2D eigenvalue weighted by molar-refractivity contribution is 6.76. The van der Waals surface area contributed by atoms with Crippen LogP contribution < -0.4 is 20.3 Å². The van der Waals surface area contributed by atoms with Gasteiger partial charge in [0.25, 0.3) is 23.2 Å². The molecule has 0 radical (unpaired) electrons. The van der Waals surface area contributed by atoms with Crippen molar-refractivity contribution in [1.29, 1.82) is 0 Å². The van der Waals surface area contributed by atoms with Crippen LogP contribution in [0.3, 0.4) is 0 Å². The minimum absolute atomic E-state index is 0.217. The van der Waals surface area contributed by atoms with E-state index in [-0.39, 0.29) is 17.4 Å². The fourth-order valence-corrected chi connectivity index (χ4v) is 8.98. The number of aromatic nitrogens is 10. The van der Waals surface area contributed by atoms with Crippen LogP contribution in [0.15, 0.2) is 24.8 Å². The summed E-state index contributed by atoms with van der Waals surface area (Å²) in [5, 5.41) is 31.8. The first-order valence-corrected chi connectivity index (χ1v) is 25.4. The van der Waals surface area contributed by atoms with Crippen LogP contribution in [0.1, 0.15) is 110 Å². The molecular formula is C44H62N12O5Si. The van der Waals surface area contributed by atoms with Gasteiger partial charge >= 0.3 is 0 Å². The van der Waals surface area contributed by atoms with Crippen molar-refractivity contribution in [3.8, 4) is 22.8 Å². The SMILES string of the molecule is Cn1c2c(c(-c3cnc4[nH]cc(C(=O)NC(C)(C)C)c4n3)[n+]1[O-])CCCC2.Cn1c2c(c(-c3cnc4c(n3)c(C(=O)NC(C)(C)C)cn4COCC[Si](C)(C)C)[n+]1[O-])CCCC2. The summed E-state index contributed by atoms with van der Waals surface area (Å²) in [5.41, 5.74) is 8.44. The molecule has 0 bridgehead atoms. The normalized spacial score (nSPS) is 14.4. The van der Waals surface area contributed by atoms with E-state index in [9.17, 15) is 20.0 Å². The molecule has 0 saturated carbocycles. The smallest absolute Gasteiger partial charge is 0.274 e. The second-order valence-electron chi connectivity index (χ2n) is 19.9. The second kappa shape index (κ2) is 16.9. The summed E-state index contributed by atoms with van der Waals surface area (Å²) in [4.78, 5) is 49.2. The van der Waals surface area contributed by atoms with Crippen LogP contribution in [-0.2, 0) is 51.2 Å². The van der Waals surface area contributed by atoms with Gasteiger partial charge in [0.1, 0.15) is 17.8 Å². The van der Waals surface area contributed by atoms with Gasteiger partial charge in [0.05, 0.1) is 60.1 Å². The van der Waals surface area contributed by atoms with Crippen molar-refractivity contribution in [2.24, 2.45) is 14.1 Å². The number of nitrogens with zero attached hydrogens (tertiary/aromatic N) is 9. The molecule has 0 unspecified atom stereocenters. The number of nitrogens with one attached hydrogen (secondary N) is 3. The maximum absolute atomic E-state index is 13.2. The third kappa shape index (κ3) is 9.26. The van der Waals surface area contributed by atoms with E-state index in [1.54, 1.807) is 48.2 Å². The molecule has 6 aromatic rings. The number of amides is 2. The molecule has 2 aliphatic rings. The van der Waals surface area contributed by atoms with Crippen LogP contribution in [0.4, 0.5) is 0 Å². The lowest BCUT2D eigenvalue weighted by atomic mass is 9.95. The number of aromatic amines is 1. The number of hydrogen-bond donors (Lipinski definition) is 3. The van der Waals surface area contributed by atoms with Gasteiger partial charge < -0.3 is 35.3 Å². The monoisotopic (exact) mass is 866 g/mol. The first kappa shape index (κ1) is 44.4. The molecule has 332 valence electrons. The Balaban J connectivity index is 0.000000192. The lowest BCUT2D eigenvalue weighted by Crippen LogP contribution is -2.40. The Bertz CT molecular complexity index is 2650. The van der Waals surface area contributed by atoms with Gasteiger partial charge in [-0.3, -0.25) is 9.59 Å². The molecule has 6 heterocycles. The molecule has 0 saturated heterocycles. The first-order chi connectivity index (χ1) is 29.1. The molecule has 0 aromatic carbocycles. The molecule has 6 aromatic heterocycles. The van der Waals surface area contributed by atoms with Gasteiger partial charge in [0, 0.05) is 38.2 Å². The van der Waals surface area contributed by atoms with E-state index in [2.05, 4.69) is 50.2 Å². The molecular weight excluding hydrogens is 805 g/mol. The highest BCUT2D eigenvalue weighted by Gasteiger charge is 2.33. The van der Waals surface area contributed by atoms with Crippen molar-refractivity contribution in [2.45, 2.75) is 136 Å².